The van der Waals surface area contributed by atoms with Crippen molar-refractivity contribution in [2.75, 3.05) is 14.2 Å². The quantitative estimate of drug-likeness (QED) is 0.596. The lowest BCUT2D eigenvalue weighted by molar-refractivity contribution is 0.355. The number of nitrogens with one attached hydrogen (secondary N) is 1. The molecule has 3 heterocycles. The number of hydrogen-bond donors (Lipinski definition) is 1. The largest absolute Gasteiger partial charge is 0.493 e. The Labute approximate surface area is 154 Å². The third-order valence-electron chi connectivity index (χ3n) is 4.56. The Balaban J connectivity index is 1.77. The van der Waals surface area contributed by atoms with E-state index in [1.54, 1.807) is 23.9 Å². The highest BCUT2D eigenvalue weighted by Crippen LogP contribution is 2.30. The Kier molecular flexibility index (Phi) is 4.02. The molecule has 8 heteroatoms. The smallest absolute Gasteiger partial charge is 0.258 e. The second-order valence-electron chi connectivity index (χ2n) is 6.38. The molecule has 8 nitrogen and oxygen atoms in total. The normalized spacial score (nSPS) is 11.3. The summed E-state index contributed by atoms with van der Waals surface area (Å²) in [6, 6.07) is 7.31. The molecular formula is C19H19N5O3. The number of rotatable bonds is 4. The van der Waals surface area contributed by atoms with E-state index in [1.807, 2.05) is 26.0 Å². The number of aromatic nitrogens is 5. The summed E-state index contributed by atoms with van der Waals surface area (Å²) in [6.07, 6.45) is 0.390. The average Bonchev–Trinajstić information content (AvgIpc) is 3.01. The summed E-state index contributed by atoms with van der Waals surface area (Å²) < 4.78 is 12.2. The minimum Gasteiger partial charge on any atom is -0.493 e. The van der Waals surface area contributed by atoms with Crippen molar-refractivity contribution in [1.29, 1.82) is 0 Å². The minimum atomic E-state index is -0.232. The van der Waals surface area contributed by atoms with Gasteiger partial charge in [-0.2, -0.15) is 14.8 Å². The summed E-state index contributed by atoms with van der Waals surface area (Å²) in [5, 5.41) is 9.35. The standard InChI is InChI=1S/C19H19N5O3/c1-10-5-13-6-12(23-24(13)22-11(10)2)7-18-20-15-9-17(27-4)16(26-3)8-14(15)19(25)21-18/h5-6,8-9H,7H2,1-4H3,(H,20,21,25). The number of fused-ring (bicyclic) bond motifs is 2. The van der Waals surface area contributed by atoms with E-state index in [9.17, 15) is 4.79 Å². The predicted octanol–water partition coefficient (Wildman–Crippen LogP) is 2.19. The van der Waals surface area contributed by atoms with Gasteiger partial charge in [-0.3, -0.25) is 4.79 Å². The predicted molar refractivity (Wildman–Crippen MR) is 101 cm³/mol. The molecule has 0 atom stereocenters. The molecule has 4 rings (SSSR count). The van der Waals surface area contributed by atoms with E-state index in [2.05, 4.69) is 20.2 Å². The van der Waals surface area contributed by atoms with Crippen molar-refractivity contribution in [2.45, 2.75) is 20.3 Å². The first-order chi connectivity index (χ1) is 13.0. The molecule has 0 aliphatic heterocycles. The zero-order valence-corrected chi connectivity index (χ0v) is 15.5. The molecule has 0 aliphatic rings. The number of benzene rings is 1. The molecule has 0 radical (unpaired) electrons. The van der Waals surface area contributed by atoms with Gasteiger partial charge in [0.25, 0.3) is 5.56 Å². The molecule has 0 aliphatic carbocycles. The molecule has 0 bridgehead atoms. The maximum atomic E-state index is 12.5. The molecule has 3 aromatic heterocycles. The Hall–Kier alpha value is -3.42. The van der Waals surface area contributed by atoms with Gasteiger partial charge < -0.3 is 14.5 Å². The first-order valence-electron chi connectivity index (χ1n) is 8.46. The monoisotopic (exact) mass is 365 g/mol. The molecule has 4 aromatic rings. The van der Waals surface area contributed by atoms with Crippen LogP contribution in [0.25, 0.3) is 16.4 Å². The number of ether oxygens (including phenoxy) is 2. The lowest BCUT2D eigenvalue weighted by Crippen LogP contribution is -2.13. The van der Waals surface area contributed by atoms with E-state index in [4.69, 9.17) is 9.47 Å². The fourth-order valence-corrected chi connectivity index (χ4v) is 3.02. The molecule has 27 heavy (non-hydrogen) atoms. The van der Waals surface area contributed by atoms with Crippen molar-refractivity contribution in [1.82, 2.24) is 24.8 Å². The molecule has 1 aromatic carbocycles. The molecule has 0 unspecified atom stereocenters. The number of aromatic amines is 1. The molecular weight excluding hydrogens is 346 g/mol. The minimum absolute atomic E-state index is 0.232. The topological polar surface area (TPSA) is 94.4 Å². The summed E-state index contributed by atoms with van der Waals surface area (Å²) in [7, 11) is 3.08. The third-order valence-corrected chi connectivity index (χ3v) is 4.56. The first-order valence-corrected chi connectivity index (χ1v) is 8.46. The summed E-state index contributed by atoms with van der Waals surface area (Å²) >= 11 is 0. The average molecular weight is 365 g/mol. The van der Waals surface area contributed by atoms with E-state index >= 15 is 0 Å². The van der Waals surface area contributed by atoms with E-state index in [1.165, 1.54) is 7.11 Å². The van der Waals surface area contributed by atoms with Gasteiger partial charge in [0.05, 0.1) is 48.4 Å². The SMILES string of the molecule is COc1cc2nc(Cc3cc4cc(C)c(C)nn4n3)[nH]c(=O)c2cc1OC. The van der Waals surface area contributed by atoms with Gasteiger partial charge in [-0.05, 0) is 37.6 Å². The van der Waals surface area contributed by atoms with Crippen molar-refractivity contribution >= 4 is 16.4 Å². The van der Waals surface area contributed by atoms with Gasteiger partial charge in [0.15, 0.2) is 11.5 Å². The molecule has 1 N–H and O–H groups in total. The van der Waals surface area contributed by atoms with Gasteiger partial charge in [-0.25, -0.2) is 4.98 Å². The van der Waals surface area contributed by atoms with Crippen LogP contribution < -0.4 is 15.0 Å². The maximum absolute atomic E-state index is 12.5. The van der Waals surface area contributed by atoms with Crippen LogP contribution in [0.1, 0.15) is 22.8 Å². The molecule has 0 amide bonds. The van der Waals surface area contributed by atoms with Crippen LogP contribution in [0.5, 0.6) is 11.5 Å². The van der Waals surface area contributed by atoms with Crippen molar-refractivity contribution < 1.29 is 9.47 Å². The zero-order chi connectivity index (χ0) is 19.1. The number of aryl methyl sites for hydroxylation is 2. The molecule has 0 spiro atoms. The van der Waals surface area contributed by atoms with Crippen LogP contribution in [0, 0.1) is 13.8 Å². The van der Waals surface area contributed by atoms with Crippen molar-refractivity contribution in [3.8, 4) is 11.5 Å². The fourth-order valence-electron chi connectivity index (χ4n) is 3.02. The number of hydrogen-bond acceptors (Lipinski definition) is 6. The van der Waals surface area contributed by atoms with Gasteiger partial charge >= 0.3 is 0 Å². The van der Waals surface area contributed by atoms with Crippen LogP contribution in [-0.2, 0) is 6.42 Å². The number of H-pyrrole nitrogens is 1. The van der Waals surface area contributed by atoms with Crippen LogP contribution in [0.15, 0.2) is 29.1 Å². The van der Waals surface area contributed by atoms with E-state index in [0.29, 0.717) is 34.6 Å². The maximum Gasteiger partial charge on any atom is 0.258 e. The fraction of sp³-hybridized carbons (Fsp3) is 0.263. The number of methoxy groups -OCH3 is 2. The van der Waals surface area contributed by atoms with Crippen molar-refractivity contribution in [2.24, 2.45) is 0 Å². The highest BCUT2D eigenvalue weighted by atomic mass is 16.5. The van der Waals surface area contributed by atoms with Crippen molar-refractivity contribution in [3.05, 3.63) is 57.4 Å². The Morgan fingerprint density at radius 3 is 2.52 bits per heavy atom. The van der Waals surface area contributed by atoms with Crippen molar-refractivity contribution in [3.63, 3.8) is 0 Å². The van der Waals surface area contributed by atoms with Crippen LogP contribution in [0.4, 0.5) is 0 Å². The van der Waals surface area contributed by atoms with Gasteiger partial charge in [-0.15, -0.1) is 0 Å². The van der Waals surface area contributed by atoms with Crippen LogP contribution in [0.3, 0.4) is 0 Å². The molecule has 0 saturated carbocycles. The molecule has 0 fully saturated rings. The second-order valence-corrected chi connectivity index (χ2v) is 6.38. The highest BCUT2D eigenvalue weighted by molar-refractivity contribution is 5.81. The Morgan fingerprint density at radius 2 is 1.78 bits per heavy atom. The zero-order valence-electron chi connectivity index (χ0n) is 15.5. The summed E-state index contributed by atoms with van der Waals surface area (Å²) in [6.45, 7) is 3.96. The molecule has 0 saturated heterocycles. The first kappa shape index (κ1) is 17.0. The van der Waals surface area contributed by atoms with Gasteiger partial charge in [0.1, 0.15) is 5.82 Å². The van der Waals surface area contributed by atoms with Gasteiger partial charge in [-0.1, -0.05) is 0 Å². The van der Waals surface area contributed by atoms with E-state index in [0.717, 1.165) is 22.5 Å². The summed E-state index contributed by atoms with van der Waals surface area (Å²) in [5.41, 5.74) is 4.02. The highest BCUT2D eigenvalue weighted by Gasteiger charge is 2.12. The summed E-state index contributed by atoms with van der Waals surface area (Å²) in [5.74, 6) is 1.54. The lowest BCUT2D eigenvalue weighted by atomic mass is 10.2. The van der Waals surface area contributed by atoms with Crippen LogP contribution in [0.2, 0.25) is 0 Å². The van der Waals surface area contributed by atoms with E-state index < -0.39 is 0 Å². The lowest BCUT2D eigenvalue weighted by Gasteiger charge is -2.09. The van der Waals surface area contributed by atoms with Gasteiger partial charge in [0, 0.05) is 6.07 Å². The Bertz CT molecular complexity index is 1190. The third kappa shape index (κ3) is 2.99. The Morgan fingerprint density at radius 1 is 1.04 bits per heavy atom. The van der Waals surface area contributed by atoms with E-state index in [-0.39, 0.29) is 5.56 Å². The van der Waals surface area contributed by atoms with Gasteiger partial charge in [0.2, 0.25) is 0 Å². The van der Waals surface area contributed by atoms with Crippen LogP contribution in [-0.4, -0.2) is 39.0 Å². The second kappa shape index (κ2) is 6.39. The molecule has 138 valence electrons. The van der Waals surface area contributed by atoms with Crippen LogP contribution >= 0.6 is 0 Å². The number of nitrogens with zero attached hydrogens (tertiary/aromatic N) is 4. The summed E-state index contributed by atoms with van der Waals surface area (Å²) in [4.78, 5) is 19.9.